The standard InChI is InChI=1S/C17H18O2/c1-4-18-17-13-9-11(2)5-7-15(13)19-16-8-6-12(3)10-14(16)17/h5-10,17H,4H2,1-3H3. The molecule has 2 nitrogen and oxygen atoms in total. The van der Waals surface area contributed by atoms with E-state index in [9.17, 15) is 0 Å². The Labute approximate surface area is 114 Å². The van der Waals surface area contributed by atoms with E-state index >= 15 is 0 Å². The van der Waals surface area contributed by atoms with Gasteiger partial charge in [-0.05, 0) is 45.0 Å². The smallest absolute Gasteiger partial charge is 0.133 e. The van der Waals surface area contributed by atoms with Gasteiger partial charge in [0.05, 0.1) is 0 Å². The Hall–Kier alpha value is -1.80. The van der Waals surface area contributed by atoms with Crippen LogP contribution in [0.5, 0.6) is 11.5 Å². The lowest BCUT2D eigenvalue weighted by Gasteiger charge is -2.28. The van der Waals surface area contributed by atoms with E-state index in [-0.39, 0.29) is 6.10 Å². The fourth-order valence-corrected chi connectivity index (χ4v) is 2.56. The highest BCUT2D eigenvalue weighted by atomic mass is 16.5. The Bertz CT molecular complexity index is 565. The summed E-state index contributed by atoms with van der Waals surface area (Å²) in [4.78, 5) is 0. The van der Waals surface area contributed by atoms with Crippen molar-refractivity contribution in [3.8, 4) is 11.5 Å². The molecular formula is C17H18O2. The lowest BCUT2D eigenvalue weighted by molar-refractivity contribution is 0.0838. The van der Waals surface area contributed by atoms with Gasteiger partial charge in [-0.15, -0.1) is 0 Å². The van der Waals surface area contributed by atoms with Gasteiger partial charge < -0.3 is 9.47 Å². The summed E-state index contributed by atoms with van der Waals surface area (Å²) >= 11 is 0. The van der Waals surface area contributed by atoms with Crippen molar-refractivity contribution in [1.82, 2.24) is 0 Å². The quantitative estimate of drug-likeness (QED) is 0.783. The molecule has 2 heteroatoms. The number of benzene rings is 2. The average molecular weight is 254 g/mol. The molecule has 3 rings (SSSR count). The molecule has 2 aromatic rings. The predicted molar refractivity (Wildman–Crippen MR) is 75.9 cm³/mol. The topological polar surface area (TPSA) is 18.5 Å². The summed E-state index contributed by atoms with van der Waals surface area (Å²) < 4.78 is 11.9. The van der Waals surface area contributed by atoms with Crippen LogP contribution in [-0.2, 0) is 4.74 Å². The fraction of sp³-hybridized carbons (Fsp3) is 0.294. The van der Waals surface area contributed by atoms with Gasteiger partial charge in [-0.3, -0.25) is 0 Å². The van der Waals surface area contributed by atoms with Gasteiger partial charge in [0.2, 0.25) is 0 Å². The third-order valence-corrected chi connectivity index (χ3v) is 3.45. The maximum atomic E-state index is 5.98. The normalized spacial score (nSPS) is 13.6. The number of ether oxygens (including phenoxy) is 2. The SMILES string of the molecule is CCOC1c2cc(C)ccc2Oc2ccc(C)cc21. The van der Waals surface area contributed by atoms with E-state index in [0.717, 1.165) is 22.6 Å². The summed E-state index contributed by atoms with van der Waals surface area (Å²) in [6.45, 7) is 6.90. The molecule has 0 N–H and O–H groups in total. The largest absolute Gasteiger partial charge is 0.457 e. The zero-order valence-electron chi connectivity index (χ0n) is 11.6. The van der Waals surface area contributed by atoms with Crippen LogP contribution < -0.4 is 4.74 Å². The monoisotopic (exact) mass is 254 g/mol. The van der Waals surface area contributed by atoms with Gasteiger partial charge in [0.25, 0.3) is 0 Å². The molecule has 0 aliphatic carbocycles. The number of hydrogen-bond donors (Lipinski definition) is 0. The molecule has 2 aromatic carbocycles. The molecule has 19 heavy (non-hydrogen) atoms. The lowest BCUT2D eigenvalue weighted by atomic mass is 9.94. The molecule has 98 valence electrons. The average Bonchev–Trinajstić information content (AvgIpc) is 2.40. The minimum Gasteiger partial charge on any atom is -0.457 e. The summed E-state index contributed by atoms with van der Waals surface area (Å²) in [5, 5.41) is 0. The second-order valence-electron chi connectivity index (χ2n) is 5.02. The lowest BCUT2D eigenvalue weighted by Crippen LogP contribution is -2.13. The van der Waals surface area contributed by atoms with Gasteiger partial charge >= 0.3 is 0 Å². The highest BCUT2D eigenvalue weighted by Gasteiger charge is 2.27. The van der Waals surface area contributed by atoms with Crippen LogP contribution in [0.15, 0.2) is 36.4 Å². The third kappa shape index (κ3) is 2.13. The van der Waals surface area contributed by atoms with E-state index < -0.39 is 0 Å². The fourth-order valence-electron chi connectivity index (χ4n) is 2.56. The van der Waals surface area contributed by atoms with Crippen LogP contribution >= 0.6 is 0 Å². The van der Waals surface area contributed by atoms with Crippen LogP contribution in [-0.4, -0.2) is 6.61 Å². The van der Waals surface area contributed by atoms with Gasteiger partial charge in [0, 0.05) is 17.7 Å². The third-order valence-electron chi connectivity index (χ3n) is 3.45. The summed E-state index contributed by atoms with van der Waals surface area (Å²) in [5.41, 5.74) is 4.70. The number of hydrogen-bond acceptors (Lipinski definition) is 2. The first-order chi connectivity index (χ1) is 9.19. The first-order valence-corrected chi connectivity index (χ1v) is 6.69. The Morgan fingerprint density at radius 3 is 1.95 bits per heavy atom. The maximum absolute atomic E-state index is 5.98. The Morgan fingerprint density at radius 1 is 0.947 bits per heavy atom. The molecule has 0 amide bonds. The number of fused-ring (bicyclic) bond motifs is 2. The molecule has 1 aliphatic rings. The van der Waals surface area contributed by atoms with Crippen molar-refractivity contribution in [1.29, 1.82) is 0 Å². The van der Waals surface area contributed by atoms with E-state index in [1.807, 2.05) is 19.1 Å². The molecule has 0 fully saturated rings. The van der Waals surface area contributed by atoms with Crippen LogP contribution in [0, 0.1) is 13.8 Å². The molecular weight excluding hydrogens is 236 g/mol. The molecule has 1 heterocycles. The van der Waals surface area contributed by atoms with Crippen LogP contribution in [0.3, 0.4) is 0 Å². The second-order valence-corrected chi connectivity index (χ2v) is 5.02. The van der Waals surface area contributed by atoms with Crippen molar-refractivity contribution in [2.24, 2.45) is 0 Å². The summed E-state index contributed by atoms with van der Waals surface area (Å²) in [6.07, 6.45) is -0.0245. The van der Waals surface area contributed by atoms with Crippen LogP contribution in [0.1, 0.15) is 35.3 Å². The molecule has 0 radical (unpaired) electrons. The van der Waals surface area contributed by atoms with Gasteiger partial charge in [-0.2, -0.15) is 0 Å². The Kier molecular flexibility index (Phi) is 3.03. The van der Waals surface area contributed by atoms with Crippen LogP contribution in [0.25, 0.3) is 0 Å². The van der Waals surface area contributed by atoms with Crippen molar-refractivity contribution < 1.29 is 9.47 Å². The van der Waals surface area contributed by atoms with Crippen molar-refractivity contribution >= 4 is 0 Å². The van der Waals surface area contributed by atoms with E-state index in [1.165, 1.54) is 11.1 Å². The van der Waals surface area contributed by atoms with E-state index in [2.05, 4.69) is 38.1 Å². The summed E-state index contributed by atoms with van der Waals surface area (Å²) in [6, 6.07) is 12.5. The van der Waals surface area contributed by atoms with E-state index in [0.29, 0.717) is 6.61 Å². The van der Waals surface area contributed by atoms with Crippen molar-refractivity contribution in [2.45, 2.75) is 26.9 Å². The molecule has 0 saturated heterocycles. The maximum Gasteiger partial charge on any atom is 0.133 e. The number of aryl methyl sites for hydroxylation is 2. The zero-order chi connectivity index (χ0) is 13.4. The van der Waals surface area contributed by atoms with E-state index in [4.69, 9.17) is 9.47 Å². The minimum absolute atomic E-state index is 0.0245. The van der Waals surface area contributed by atoms with Crippen molar-refractivity contribution in [2.75, 3.05) is 6.61 Å². The zero-order valence-corrected chi connectivity index (χ0v) is 11.6. The molecule has 0 unspecified atom stereocenters. The minimum atomic E-state index is -0.0245. The Morgan fingerprint density at radius 2 is 1.47 bits per heavy atom. The number of rotatable bonds is 2. The predicted octanol–water partition coefficient (Wildman–Crippen LogP) is 4.54. The van der Waals surface area contributed by atoms with E-state index in [1.54, 1.807) is 0 Å². The highest BCUT2D eigenvalue weighted by Crippen LogP contribution is 2.45. The first kappa shape index (κ1) is 12.2. The molecule has 0 spiro atoms. The van der Waals surface area contributed by atoms with Gasteiger partial charge in [0.1, 0.15) is 17.6 Å². The van der Waals surface area contributed by atoms with Gasteiger partial charge in [-0.1, -0.05) is 23.3 Å². The molecule has 0 saturated carbocycles. The highest BCUT2D eigenvalue weighted by molar-refractivity contribution is 5.54. The summed E-state index contributed by atoms with van der Waals surface area (Å²) in [5.74, 6) is 1.81. The van der Waals surface area contributed by atoms with Gasteiger partial charge in [-0.25, -0.2) is 0 Å². The molecule has 1 aliphatic heterocycles. The van der Waals surface area contributed by atoms with Crippen molar-refractivity contribution in [3.63, 3.8) is 0 Å². The van der Waals surface area contributed by atoms with Gasteiger partial charge in [0.15, 0.2) is 0 Å². The van der Waals surface area contributed by atoms with Crippen molar-refractivity contribution in [3.05, 3.63) is 58.7 Å². The first-order valence-electron chi connectivity index (χ1n) is 6.69. The van der Waals surface area contributed by atoms with Crippen LogP contribution in [0.4, 0.5) is 0 Å². The summed E-state index contributed by atoms with van der Waals surface area (Å²) in [7, 11) is 0. The second kappa shape index (κ2) is 4.71. The molecule has 0 aromatic heterocycles. The molecule has 0 atom stereocenters. The Balaban J connectivity index is 2.16. The molecule has 0 bridgehead atoms. The van der Waals surface area contributed by atoms with Crippen LogP contribution in [0.2, 0.25) is 0 Å².